The number of halogens is 1. The zero-order chi connectivity index (χ0) is 11.4. The van der Waals surface area contributed by atoms with E-state index < -0.39 is 0 Å². The second-order valence-corrected chi connectivity index (χ2v) is 4.49. The molecule has 0 spiro atoms. The van der Waals surface area contributed by atoms with Crippen LogP contribution >= 0.6 is 11.8 Å². The summed E-state index contributed by atoms with van der Waals surface area (Å²) in [7, 11) is 0. The van der Waals surface area contributed by atoms with E-state index in [9.17, 15) is 9.18 Å². The van der Waals surface area contributed by atoms with Crippen molar-refractivity contribution in [2.75, 3.05) is 6.26 Å². The highest BCUT2D eigenvalue weighted by Crippen LogP contribution is 2.28. The molecule has 0 N–H and O–H groups in total. The minimum Gasteiger partial charge on any atom is -0.303 e. The zero-order valence-corrected chi connectivity index (χ0v) is 10.0. The molecular formula is C12H15FOS. The Kier molecular flexibility index (Phi) is 4.33. The number of benzene rings is 1. The maximum absolute atomic E-state index is 13.6. The minimum absolute atomic E-state index is 0.0472. The number of carbonyl (C=O) groups excluding carboxylic acids is 1. The van der Waals surface area contributed by atoms with E-state index in [1.807, 2.05) is 26.2 Å². The van der Waals surface area contributed by atoms with Crippen LogP contribution in [0.1, 0.15) is 30.4 Å². The fraction of sp³-hybridized carbons (Fsp3) is 0.417. The van der Waals surface area contributed by atoms with Gasteiger partial charge in [-0.2, -0.15) is 0 Å². The number of carbonyl (C=O) groups is 1. The van der Waals surface area contributed by atoms with Crippen molar-refractivity contribution >= 4 is 18.0 Å². The lowest BCUT2D eigenvalue weighted by molar-refractivity contribution is -0.108. The summed E-state index contributed by atoms with van der Waals surface area (Å²) in [6.07, 6.45) is 3.17. The molecule has 0 saturated carbocycles. The second kappa shape index (κ2) is 5.31. The van der Waals surface area contributed by atoms with Crippen molar-refractivity contribution in [3.8, 4) is 0 Å². The summed E-state index contributed by atoms with van der Waals surface area (Å²) in [6, 6.07) is 3.39. The van der Waals surface area contributed by atoms with Crippen LogP contribution in [0.4, 0.5) is 4.39 Å². The van der Waals surface area contributed by atoms with Crippen LogP contribution in [-0.4, -0.2) is 12.5 Å². The Labute approximate surface area is 94.1 Å². The van der Waals surface area contributed by atoms with Crippen molar-refractivity contribution < 1.29 is 9.18 Å². The van der Waals surface area contributed by atoms with Crippen LogP contribution in [0.5, 0.6) is 0 Å². The molecule has 0 heterocycles. The molecule has 0 aliphatic rings. The van der Waals surface area contributed by atoms with Gasteiger partial charge in [-0.3, -0.25) is 0 Å². The van der Waals surface area contributed by atoms with Gasteiger partial charge < -0.3 is 4.79 Å². The molecule has 1 aromatic rings. The average Bonchev–Trinajstić information content (AvgIpc) is 2.18. The molecule has 82 valence electrons. The van der Waals surface area contributed by atoms with Gasteiger partial charge in [-0.25, -0.2) is 4.39 Å². The molecule has 0 aliphatic heterocycles. The Morgan fingerprint density at radius 2 is 2.20 bits per heavy atom. The summed E-state index contributed by atoms with van der Waals surface area (Å²) in [5.74, 6) is -0.256. The summed E-state index contributed by atoms with van der Waals surface area (Å²) >= 11 is 1.60. The highest BCUT2D eigenvalue weighted by Gasteiger charge is 2.12. The first-order chi connectivity index (χ1) is 7.10. The van der Waals surface area contributed by atoms with E-state index in [-0.39, 0.29) is 11.7 Å². The molecule has 1 aromatic carbocycles. The van der Waals surface area contributed by atoms with Gasteiger partial charge in [0.25, 0.3) is 0 Å². The van der Waals surface area contributed by atoms with E-state index in [2.05, 4.69) is 0 Å². The van der Waals surface area contributed by atoms with Crippen LogP contribution in [0.3, 0.4) is 0 Å². The highest BCUT2D eigenvalue weighted by molar-refractivity contribution is 7.98. The van der Waals surface area contributed by atoms with E-state index in [1.54, 1.807) is 17.8 Å². The van der Waals surface area contributed by atoms with E-state index in [0.29, 0.717) is 12.0 Å². The fourth-order valence-corrected chi connectivity index (χ4v) is 2.16. The summed E-state index contributed by atoms with van der Waals surface area (Å²) < 4.78 is 13.6. The molecule has 0 radical (unpaired) electrons. The quantitative estimate of drug-likeness (QED) is 0.577. The highest BCUT2D eigenvalue weighted by atomic mass is 32.2. The van der Waals surface area contributed by atoms with Gasteiger partial charge in [-0.05, 0) is 42.4 Å². The van der Waals surface area contributed by atoms with E-state index in [0.717, 1.165) is 16.7 Å². The Morgan fingerprint density at radius 1 is 1.53 bits per heavy atom. The second-order valence-electron chi connectivity index (χ2n) is 3.65. The van der Waals surface area contributed by atoms with Gasteiger partial charge in [-0.15, -0.1) is 11.8 Å². The maximum Gasteiger partial charge on any atom is 0.127 e. The third-order valence-electron chi connectivity index (χ3n) is 2.49. The molecule has 0 amide bonds. The number of aldehydes is 1. The molecule has 1 rings (SSSR count). The normalized spacial score (nSPS) is 12.5. The van der Waals surface area contributed by atoms with Gasteiger partial charge >= 0.3 is 0 Å². The standard InChI is InChI=1S/C12H15FOS/c1-8(4-5-14)10-7-12(15-3)9(2)6-11(10)13/h5-8H,4H2,1-3H3. The van der Waals surface area contributed by atoms with Gasteiger partial charge in [-0.1, -0.05) is 6.92 Å². The number of hydrogen-bond donors (Lipinski definition) is 0. The number of hydrogen-bond acceptors (Lipinski definition) is 2. The summed E-state index contributed by atoms with van der Waals surface area (Å²) in [4.78, 5) is 11.5. The van der Waals surface area contributed by atoms with Crippen LogP contribution in [-0.2, 0) is 4.79 Å². The van der Waals surface area contributed by atoms with Crippen LogP contribution in [0, 0.1) is 12.7 Å². The number of aryl methyl sites for hydroxylation is 1. The molecule has 0 aromatic heterocycles. The molecule has 0 bridgehead atoms. The minimum atomic E-state index is -0.209. The third kappa shape index (κ3) is 2.81. The van der Waals surface area contributed by atoms with Crippen LogP contribution in [0.15, 0.2) is 17.0 Å². The fourth-order valence-electron chi connectivity index (χ4n) is 1.54. The molecule has 1 atom stereocenters. The van der Waals surface area contributed by atoms with Gasteiger partial charge in [0.15, 0.2) is 0 Å². The van der Waals surface area contributed by atoms with E-state index in [1.165, 1.54) is 0 Å². The van der Waals surface area contributed by atoms with Crippen molar-refractivity contribution in [3.63, 3.8) is 0 Å². The van der Waals surface area contributed by atoms with Crippen LogP contribution in [0.2, 0.25) is 0 Å². The van der Waals surface area contributed by atoms with Gasteiger partial charge in [0.05, 0.1) is 0 Å². The Hall–Kier alpha value is -0.830. The van der Waals surface area contributed by atoms with Gasteiger partial charge in [0.2, 0.25) is 0 Å². The summed E-state index contributed by atoms with van der Waals surface area (Å²) in [5.41, 5.74) is 1.58. The monoisotopic (exact) mass is 226 g/mol. The number of thioether (sulfide) groups is 1. The Balaban J connectivity index is 3.11. The lowest BCUT2D eigenvalue weighted by atomic mass is 9.97. The van der Waals surface area contributed by atoms with Crippen molar-refractivity contribution in [2.24, 2.45) is 0 Å². The predicted molar refractivity (Wildman–Crippen MR) is 62.0 cm³/mol. The van der Waals surface area contributed by atoms with Crippen molar-refractivity contribution in [2.45, 2.75) is 31.1 Å². The Morgan fingerprint density at radius 3 is 2.73 bits per heavy atom. The first-order valence-electron chi connectivity index (χ1n) is 4.87. The molecule has 15 heavy (non-hydrogen) atoms. The lowest BCUT2D eigenvalue weighted by Gasteiger charge is -2.12. The summed E-state index contributed by atoms with van der Waals surface area (Å²) in [5, 5.41) is 0. The Bertz CT molecular complexity index is 363. The van der Waals surface area contributed by atoms with Crippen LogP contribution < -0.4 is 0 Å². The zero-order valence-electron chi connectivity index (χ0n) is 9.21. The molecule has 0 fully saturated rings. The topological polar surface area (TPSA) is 17.1 Å². The summed E-state index contributed by atoms with van der Waals surface area (Å²) in [6.45, 7) is 3.76. The first-order valence-corrected chi connectivity index (χ1v) is 6.10. The number of rotatable bonds is 4. The average molecular weight is 226 g/mol. The van der Waals surface area contributed by atoms with E-state index in [4.69, 9.17) is 0 Å². The SMILES string of the molecule is CSc1cc(C(C)CC=O)c(F)cc1C. The smallest absolute Gasteiger partial charge is 0.127 e. The molecule has 1 unspecified atom stereocenters. The van der Waals surface area contributed by atoms with Crippen molar-refractivity contribution in [1.82, 2.24) is 0 Å². The molecule has 0 saturated heterocycles. The van der Waals surface area contributed by atoms with Gasteiger partial charge in [0.1, 0.15) is 12.1 Å². The van der Waals surface area contributed by atoms with Gasteiger partial charge in [0, 0.05) is 11.3 Å². The van der Waals surface area contributed by atoms with Crippen LogP contribution in [0.25, 0.3) is 0 Å². The molecule has 3 heteroatoms. The van der Waals surface area contributed by atoms with E-state index >= 15 is 0 Å². The maximum atomic E-state index is 13.6. The predicted octanol–water partition coefficient (Wildman–Crippen LogP) is 3.55. The van der Waals surface area contributed by atoms with Crippen molar-refractivity contribution in [3.05, 3.63) is 29.1 Å². The first kappa shape index (κ1) is 12.2. The molecular weight excluding hydrogens is 211 g/mol. The largest absolute Gasteiger partial charge is 0.303 e. The lowest BCUT2D eigenvalue weighted by Crippen LogP contribution is -1.99. The third-order valence-corrected chi connectivity index (χ3v) is 3.37. The molecule has 0 aliphatic carbocycles. The van der Waals surface area contributed by atoms with Crippen molar-refractivity contribution in [1.29, 1.82) is 0 Å². The molecule has 1 nitrogen and oxygen atoms in total.